The maximum Gasteiger partial charge on any atom is 0.321 e. The Morgan fingerprint density at radius 2 is 1.79 bits per heavy atom. The Labute approximate surface area is 171 Å². The highest BCUT2D eigenvalue weighted by molar-refractivity contribution is 5.95. The van der Waals surface area contributed by atoms with Crippen molar-refractivity contribution in [3.05, 3.63) is 65.5 Å². The second kappa shape index (κ2) is 11.2. The van der Waals surface area contributed by atoms with Gasteiger partial charge in [0.25, 0.3) is 5.91 Å². The van der Waals surface area contributed by atoms with Crippen molar-refractivity contribution in [3.8, 4) is 0 Å². The van der Waals surface area contributed by atoms with Crippen molar-refractivity contribution in [1.82, 2.24) is 10.2 Å². The minimum absolute atomic E-state index is 0.105. The van der Waals surface area contributed by atoms with Gasteiger partial charge in [-0.2, -0.15) is 0 Å². The molecule has 0 bridgehead atoms. The zero-order valence-electron chi connectivity index (χ0n) is 17.1. The molecule has 2 aromatic carbocycles. The Hall–Kier alpha value is -2.93. The third kappa shape index (κ3) is 7.19. The van der Waals surface area contributed by atoms with Crippen molar-refractivity contribution >= 4 is 17.6 Å². The molecule has 2 rings (SSSR count). The molecule has 0 spiro atoms. The third-order valence-corrected chi connectivity index (χ3v) is 4.23. The van der Waals surface area contributed by atoms with Crippen molar-refractivity contribution in [2.75, 3.05) is 32.1 Å². The van der Waals surface area contributed by atoms with Gasteiger partial charge < -0.3 is 20.3 Å². The zero-order valence-corrected chi connectivity index (χ0v) is 17.1. The van der Waals surface area contributed by atoms with E-state index in [1.54, 1.807) is 54.5 Å². The highest BCUT2D eigenvalue weighted by Crippen LogP contribution is 2.12. The van der Waals surface area contributed by atoms with Crippen molar-refractivity contribution in [1.29, 1.82) is 0 Å². The number of methoxy groups -OCH3 is 1. The van der Waals surface area contributed by atoms with Gasteiger partial charge in [0.2, 0.25) is 0 Å². The fraction of sp³-hybridized carbons (Fsp3) is 0.364. The van der Waals surface area contributed by atoms with Crippen LogP contribution in [0.4, 0.5) is 14.9 Å². The number of nitrogens with zero attached hydrogens (tertiary/aromatic N) is 1. The minimum Gasteiger partial charge on any atom is -0.383 e. The number of nitrogens with one attached hydrogen (secondary N) is 2. The van der Waals surface area contributed by atoms with Crippen molar-refractivity contribution in [3.63, 3.8) is 0 Å². The highest BCUT2D eigenvalue weighted by atomic mass is 19.1. The number of rotatable bonds is 9. The number of hydrogen-bond donors (Lipinski definition) is 2. The van der Waals surface area contributed by atoms with E-state index in [9.17, 15) is 14.0 Å². The van der Waals surface area contributed by atoms with Gasteiger partial charge in [0, 0.05) is 43.6 Å². The number of carbonyl (C=O) groups is 2. The molecule has 0 saturated carbocycles. The number of urea groups is 1. The second-order valence-corrected chi connectivity index (χ2v) is 7.11. The summed E-state index contributed by atoms with van der Waals surface area (Å²) in [5.74, 6) is -0.337. The standard InChI is InChI=1S/C22H28FN3O3/c1-16(2)15-26(12-13-29-3)22(28)25-19-10-8-17(9-11-19)21(27)24-14-18-6-4-5-7-20(18)23/h4-11,16H,12-15H2,1-3H3,(H,24,27)(H,25,28). The van der Waals surface area contributed by atoms with E-state index in [1.807, 2.05) is 13.8 Å². The molecule has 0 aliphatic carbocycles. The molecule has 6 nitrogen and oxygen atoms in total. The van der Waals surface area contributed by atoms with Gasteiger partial charge in [-0.1, -0.05) is 32.0 Å². The average molecular weight is 401 g/mol. The summed E-state index contributed by atoms with van der Waals surface area (Å²) in [6.45, 7) is 5.77. The average Bonchev–Trinajstić information content (AvgIpc) is 2.70. The summed E-state index contributed by atoms with van der Waals surface area (Å²) < 4.78 is 18.7. The molecular formula is C22H28FN3O3. The number of anilines is 1. The Balaban J connectivity index is 1.93. The maximum atomic E-state index is 13.6. The lowest BCUT2D eigenvalue weighted by Gasteiger charge is -2.24. The van der Waals surface area contributed by atoms with Gasteiger partial charge in [-0.25, -0.2) is 9.18 Å². The SMILES string of the molecule is COCCN(CC(C)C)C(=O)Nc1ccc(C(=O)NCc2ccccc2F)cc1. The van der Waals surface area contributed by atoms with Crippen LogP contribution in [0.5, 0.6) is 0 Å². The molecule has 156 valence electrons. The molecule has 0 aliphatic rings. The summed E-state index contributed by atoms with van der Waals surface area (Å²) in [7, 11) is 1.60. The van der Waals surface area contributed by atoms with Crippen LogP contribution < -0.4 is 10.6 Å². The summed E-state index contributed by atoms with van der Waals surface area (Å²) in [6.07, 6.45) is 0. The molecule has 0 unspecified atom stereocenters. The first-order valence-electron chi connectivity index (χ1n) is 9.57. The van der Waals surface area contributed by atoms with Gasteiger partial charge in [-0.15, -0.1) is 0 Å². The van der Waals surface area contributed by atoms with Crippen LogP contribution in [0.3, 0.4) is 0 Å². The quantitative estimate of drug-likeness (QED) is 0.670. The Kier molecular flexibility index (Phi) is 8.61. The van der Waals surface area contributed by atoms with Crippen LogP contribution in [0, 0.1) is 11.7 Å². The largest absolute Gasteiger partial charge is 0.383 e. The molecule has 0 fully saturated rings. The molecular weight excluding hydrogens is 373 g/mol. The summed E-state index contributed by atoms with van der Waals surface area (Å²) >= 11 is 0. The van der Waals surface area contributed by atoms with Crippen molar-refractivity contribution in [2.45, 2.75) is 20.4 Å². The molecule has 0 aromatic heterocycles. The fourth-order valence-corrected chi connectivity index (χ4v) is 2.74. The highest BCUT2D eigenvalue weighted by Gasteiger charge is 2.15. The molecule has 0 radical (unpaired) electrons. The van der Waals surface area contributed by atoms with Crippen LogP contribution in [-0.2, 0) is 11.3 Å². The van der Waals surface area contributed by atoms with E-state index in [2.05, 4.69) is 10.6 Å². The van der Waals surface area contributed by atoms with E-state index in [0.717, 1.165) is 0 Å². The molecule has 2 aromatic rings. The van der Waals surface area contributed by atoms with E-state index >= 15 is 0 Å². The van der Waals surface area contributed by atoms with Gasteiger partial charge in [-0.05, 0) is 36.2 Å². The number of amides is 3. The zero-order chi connectivity index (χ0) is 21.2. The summed E-state index contributed by atoms with van der Waals surface area (Å²) in [5, 5.41) is 5.53. The number of carbonyl (C=O) groups excluding carboxylic acids is 2. The van der Waals surface area contributed by atoms with Gasteiger partial charge in [0.05, 0.1) is 6.61 Å². The van der Waals surface area contributed by atoms with E-state index in [-0.39, 0.29) is 24.3 Å². The molecule has 3 amide bonds. The van der Waals surface area contributed by atoms with Gasteiger partial charge in [0.15, 0.2) is 0 Å². The van der Waals surface area contributed by atoms with Crippen LogP contribution in [0.1, 0.15) is 29.8 Å². The third-order valence-electron chi connectivity index (χ3n) is 4.23. The van der Waals surface area contributed by atoms with Crippen LogP contribution in [0.2, 0.25) is 0 Å². The number of ether oxygens (including phenoxy) is 1. The minimum atomic E-state index is -0.356. The van der Waals surface area contributed by atoms with Gasteiger partial charge in [0.1, 0.15) is 5.82 Å². The van der Waals surface area contributed by atoms with E-state index < -0.39 is 0 Å². The number of benzene rings is 2. The molecule has 0 aliphatic heterocycles. The number of halogens is 1. The summed E-state index contributed by atoms with van der Waals surface area (Å²) in [6, 6.07) is 12.7. The lowest BCUT2D eigenvalue weighted by molar-refractivity contribution is 0.0950. The first kappa shape index (κ1) is 22.4. The molecule has 7 heteroatoms. The molecule has 29 heavy (non-hydrogen) atoms. The lowest BCUT2D eigenvalue weighted by Crippen LogP contribution is -2.39. The van der Waals surface area contributed by atoms with Crippen molar-refractivity contribution in [2.24, 2.45) is 5.92 Å². The van der Waals surface area contributed by atoms with Crippen LogP contribution in [0.15, 0.2) is 48.5 Å². The lowest BCUT2D eigenvalue weighted by atomic mass is 10.1. The smallest absolute Gasteiger partial charge is 0.321 e. The van der Waals surface area contributed by atoms with E-state index in [0.29, 0.717) is 42.4 Å². The van der Waals surface area contributed by atoms with Crippen LogP contribution in [-0.4, -0.2) is 43.6 Å². The van der Waals surface area contributed by atoms with Gasteiger partial charge in [-0.3, -0.25) is 4.79 Å². The Morgan fingerprint density at radius 1 is 1.10 bits per heavy atom. The van der Waals surface area contributed by atoms with E-state index in [1.165, 1.54) is 6.07 Å². The van der Waals surface area contributed by atoms with E-state index in [4.69, 9.17) is 4.74 Å². The first-order valence-corrected chi connectivity index (χ1v) is 9.57. The second-order valence-electron chi connectivity index (χ2n) is 7.11. The fourth-order valence-electron chi connectivity index (χ4n) is 2.74. The van der Waals surface area contributed by atoms with Crippen LogP contribution in [0.25, 0.3) is 0 Å². The topological polar surface area (TPSA) is 70.7 Å². The monoisotopic (exact) mass is 401 g/mol. The first-order chi connectivity index (χ1) is 13.9. The van der Waals surface area contributed by atoms with Crippen molar-refractivity contribution < 1.29 is 18.7 Å². The Morgan fingerprint density at radius 3 is 2.41 bits per heavy atom. The van der Waals surface area contributed by atoms with Crippen LogP contribution >= 0.6 is 0 Å². The summed E-state index contributed by atoms with van der Waals surface area (Å²) in [5.41, 5.74) is 1.44. The normalized spacial score (nSPS) is 10.7. The molecule has 2 N–H and O–H groups in total. The predicted molar refractivity (Wildman–Crippen MR) is 111 cm³/mol. The molecule has 0 saturated heterocycles. The molecule has 0 heterocycles. The summed E-state index contributed by atoms with van der Waals surface area (Å²) in [4.78, 5) is 26.5. The molecule has 0 atom stereocenters. The Bertz CT molecular complexity index is 809. The number of hydrogen-bond acceptors (Lipinski definition) is 3. The van der Waals surface area contributed by atoms with Gasteiger partial charge >= 0.3 is 6.03 Å². The maximum absolute atomic E-state index is 13.6. The predicted octanol–water partition coefficient (Wildman–Crippen LogP) is 3.89.